The van der Waals surface area contributed by atoms with E-state index in [1.807, 2.05) is 6.92 Å². The summed E-state index contributed by atoms with van der Waals surface area (Å²) in [5.41, 5.74) is 0.760. The SMILES string of the molecule is CCOC(=O)C(CC)Oc1cc(F)cc(CNC)c1. The van der Waals surface area contributed by atoms with Crippen molar-refractivity contribution in [2.45, 2.75) is 32.9 Å². The third kappa shape index (κ3) is 4.87. The molecule has 0 aromatic heterocycles. The molecule has 0 saturated carbocycles. The largest absolute Gasteiger partial charge is 0.479 e. The molecular formula is C14H20FNO3. The van der Waals surface area contributed by atoms with Crippen LogP contribution in [0.2, 0.25) is 0 Å². The van der Waals surface area contributed by atoms with E-state index in [1.165, 1.54) is 12.1 Å². The zero-order chi connectivity index (χ0) is 14.3. The summed E-state index contributed by atoms with van der Waals surface area (Å²) >= 11 is 0. The van der Waals surface area contributed by atoms with Crippen molar-refractivity contribution >= 4 is 5.97 Å². The molecule has 0 aliphatic rings. The Bertz CT molecular complexity index is 423. The van der Waals surface area contributed by atoms with E-state index in [2.05, 4.69) is 5.32 Å². The van der Waals surface area contributed by atoms with E-state index < -0.39 is 12.1 Å². The number of benzene rings is 1. The van der Waals surface area contributed by atoms with Gasteiger partial charge in [-0.1, -0.05) is 6.92 Å². The molecular weight excluding hydrogens is 249 g/mol. The first-order valence-corrected chi connectivity index (χ1v) is 6.38. The molecule has 0 radical (unpaired) electrons. The molecule has 0 bridgehead atoms. The first-order chi connectivity index (χ1) is 9.10. The Hall–Kier alpha value is -1.62. The van der Waals surface area contributed by atoms with Crippen molar-refractivity contribution in [3.8, 4) is 5.75 Å². The summed E-state index contributed by atoms with van der Waals surface area (Å²) in [5.74, 6) is -0.476. The van der Waals surface area contributed by atoms with Gasteiger partial charge in [0.05, 0.1) is 6.61 Å². The van der Waals surface area contributed by atoms with E-state index in [9.17, 15) is 9.18 Å². The molecule has 0 spiro atoms. The molecule has 0 amide bonds. The number of nitrogens with one attached hydrogen (secondary N) is 1. The lowest BCUT2D eigenvalue weighted by Gasteiger charge is -2.16. The first-order valence-electron chi connectivity index (χ1n) is 6.38. The minimum Gasteiger partial charge on any atom is -0.479 e. The maximum atomic E-state index is 13.4. The monoisotopic (exact) mass is 269 g/mol. The molecule has 1 rings (SSSR count). The van der Waals surface area contributed by atoms with Crippen molar-refractivity contribution in [3.05, 3.63) is 29.6 Å². The summed E-state index contributed by atoms with van der Waals surface area (Å²) in [7, 11) is 1.78. The number of rotatable bonds is 7. The predicted molar refractivity (Wildman–Crippen MR) is 70.5 cm³/mol. The molecule has 1 N–H and O–H groups in total. The highest BCUT2D eigenvalue weighted by atomic mass is 19.1. The van der Waals surface area contributed by atoms with Gasteiger partial charge in [0.1, 0.15) is 11.6 Å². The molecule has 1 aromatic rings. The number of esters is 1. The zero-order valence-corrected chi connectivity index (χ0v) is 11.5. The molecule has 1 atom stereocenters. The highest BCUT2D eigenvalue weighted by Crippen LogP contribution is 2.19. The van der Waals surface area contributed by atoms with E-state index in [-0.39, 0.29) is 5.82 Å². The van der Waals surface area contributed by atoms with Crippen LogP contribution in [0, 0.1) is 5.82 Å². The van der Waals surface area contributed by atoms with Crippen LogP contribution in [-0.2, 0) is 16.1 Å². The van der Waals surface area contributed by atoms with E-state index in [0.717, 1.165) is 5.56 Å². The van der Waals surface area contributed by atoms with Crippen LogP contribution in [0.25, 0.3) is 0 Å². The number of hydrogen-bond acceptors (Lipinski definition) is 4. The lowest BCUT2D eigenvalue weighted by Crippen LogP contribution is -2.28. The Morgan fingerprint density at radius 3 is 2.68 bits per heavy atom. The van der Waals surface area contributed by atoms with Crippen LogP contribution in [-0.4, -0.2) is 25.7 Å². The van der Waals surface area contributed by atoms with Gasteiger partial charge >= 0.3 is 5.97 Å². The van der Waals surface area contributed by atoms with Crippen molar-refractivity contribution in [1.82, 2.24) is 5.32 Å². The fourth-order valence-electron chi connectivity index (χ4n) is 1.69. The van der Waals surface area contributed by atoms with Gasteiger partial charge in [0.25, 0.3) is 0 Å². The molecule has 0 heterocycles. The van der Waals surface area contributed by atoms with Gasteiger partial charge in [-0.3, -0.25) is 0 Å². The molecule has 4 nitrogen and oxygen atoms in total. The van der Waals surface area contributed by atoms with Crippen LogP contribution < -0.4 is 10.1 Å². The minimum absolute atomic E-state index is 0.298. The van der Waals surface area contributed by atoms with Gasteiger partial charge in [-0.15, -0.1) is 0 Å². The van der Waals surface area contributed by atoms with Gasteiger partial charge in [-0.25, -0.2) is 9.18 Å². The number of carbonyl (C=O) groups excluding carboxylic acids is 1. The van der Waals surface area contributed by atoms with Crippen LogP contribution in [0.3, 0.4) is 0 Å². The highest BCUT2D eigenvalue weighted by Gasteiger charge is 2.20. The van der Waals surface area contributed by atoms with Gasteiger partial charge in [0.2, 0.25) is 0 Å². The molecule has 0 fully saturated rings. The smallest absolute Gasteiger partial charge is 0.347 e. The van der Waals surface area contributed by atoms with Gasteiger partial charge in [0.15, 0.2) is 6.10 Å². The van der Waals surface area contributed by atoms with Crippen molar-refractivity contribution in [2.75, 3.05) is 13.7 Å². The second-order valence-corrected chi connectivity index (χ2v) is 4.09. The van der Waals surface area contributed by atoms with Crippen molar-refractivity contribution in [1.29, 1.82) is 0 Å². The van der Waals surface area contributed by atoms with Gasteiger partial charge < -0.3 is 14.8 Å². The molecule has 5 heteroatoms. The average Bonchev–Trinajstić information content (AvgIpc) is 2.36. The van der Waals surface area contributed by atoms with Crippen LogP contribution >= 0.6 is 0 Å². The fourth-order valence-corrected chi connectivity index (χ4v) is 1.69. The molecule has 106 valence electrons. The molecule has 1 unspecified atom stereocenters. The van der Waals surface area contributed by atoms with E-state index in [1.54, 1.807) is 20.0 Å². The maximum absolute atomic E-state index is 13.4. The molecule has 0 aliphatic carbocycles. The zero-order valence-electron chi connectivity index (χ0n) is 11.5. The second-order valence-electron chi connectivity index (χ2n) is 4.09. The van der Waals surface area contributed by atoms with Crippen LogP contribution in [0.4, 0.5) is 4.39 Å². The third-order valence-corrected chi connectivity index (χ3v) is 2.51. The van der Waals surface area contributed by atoms with Crippen LogP contribution in [0.1, 0.15) is 25.8 Å². The normalized spacial score (nSPS) is 12.0. The minimum atomic E-state index is -0.704. The Balaban J connectivity index is 2.81. The maximum Gasteiger partial charge on any atom is 0.347 e. The predicted octanol–water partition coefficient (Wildman–Crippen LogP) is 2.27. The number of hydrogen-bond donors (Lipinski definition) is 1. The number of carbonyl (C=O) groups is 1. The van der Waals surface area contributed by atoms with Gasteiger partial charge in [-0.2, -0.15) is 0 Å². The molecule has 1 aromatic carbocycles. The lowest BCUT2D eigenvalue weighted by molar-refractivity contribution is -0.151. The first kappa shape index (κ1) is 15.4. The second kappa shape index (κ2) is 7.74. The van der Waals surface area contributed by atoms with E-state index in [0.29, 0.717) is 25.3 Å². The average molecular weight is 269 g/mol. The molecule has 19 heavy (non-hydrogen) atoms. The lowest BCUT2D eigenvalue weighted by atomic mass is 10.2. The highest BCUT2D eigenvalue weighted by molar-refractivity contribution is 5.75. The topological polar surface area (TPSA) is 47.6 Å². The van der Waals surface area contributed by atoms with Crippen molar-refractivity contribution in [2.24, 2.45) is 0 Å². The Kier molecular flexibility index (Phi) is 6.29. The van der Waals surface area contributed by atoms with Crippen molar-refractivity contribution in [3.63, 3.8) is 0 Å². The van der Waals surface area contributed by atoms with Crippen LogP contribution in [0.15, 0.2) is 18.2 Å². The fraction of sp³-hybridized carbons (Fsp3) is 0.500. The number of halogens is 1. The Labute approximate surface area is 112 Å². The quantitative estimate of drug-likeness (QED) is 0.771. The Morgan fingerprint density at radius 2 is 2.11 bits per heavy atom. The van der Waals surface area contributed by atoms with Crippen LogP contribution in [0.5, 0.6) is 5.75 Å². The van der Waals surface area contributed by atoms with E-state index in [4.69, 9.17) is 9.47 Å². The Morgan fingerprint density at radius 1 is 1.37 bits per heavy atom. The summed E-state index contributed by atoms with van der Waals surface area (Å²) in [5, 5.41) is 2.93. The van der Waals surface area contributed by atoms with E-state index >= 15 is 0 Å². The summed E-state index contributed by atoms with van der Waals surface area (Å²) in [6, 6.07) is 4.40. The standard InChI is InChI=1S/C14H20FNO3/c1-4-13(14(17)18-5-2)19-12-7-10(9-16-3)6-11(15)8-12/h6-8,13,16H,4-5,9H2,1-3H3. The van der Waals surface area contributed by atoms with Gasteiger partial charge in [0, 0.05) is 12.6 Å². The number of ether oxygens (including phenoxy) is 2. The van der Waals surface area contributed by atoms with Crippen molar-refractivity contribution < 1.29 is 18.7 Å². The molecule has 0 aliphatic heterocycles. The summed E-state index contributed by atoms with van der Waals surface area (Å²) in [6.45, 7) is 4.38. The molecule has 0 saturated heterocycles. The summed E-state index contributed by atoms with van der Waals surface area (Å²) < 4.78 is 23.8. The van der Waals surface area contributed by atoms with Gasteiger partial charge in [-0.05, 0) is 38.1 Å². The summed E-state index contributed by atoms with van der Waals surface area (Å²) in [4.78, 5) is 11.6. The third-order valence-electron chi connectivity index (χ3n) is 2.51. The summed E-state index contributed by atoms with van der Waals surface area (Å²) in [6.07, 6.45) is -0.236.